The summed E-state index contributed by atoms with van der Waals surface area (Å²) in [6.07, 6.45) is 5.43. The minimum Gasteiger partial charge on any atom is -0.454 e. The Hall–Kier alpha value is -2.83. The predicted octanol–water partition coefficient (Wildman–Crippen LogP) is 2.69. The molecule has 1 N–H and O–H groups in total. The highest BCUT2D eigenvalue weighted by Crippen LogP contribution is 2.32. The van der Waals surface area contributed by atoms with Crippen molar-refractivity contribution in [2.24, 2.45) is 5.92 Å². The third-order valence-electron chi connectivity index (χ3n) is 4.73. The molecule has 1 atom stereocenters. The summed E-state index contributed by atoms with van der Waals surface area (Å²) in [5.41, 5.74) is 1.58. The molecule has 0 spiro atoms. The van der Waals surface area contributed by atoms with Crippen molar-refractivity contribution in [2.75, 3.05) is 25.2 Å². The first-order valence-electron chi connectivity index (χ1n) is 8.93. The molecule has 1 fully saturated rings. The molecule has 1 saturated heterocycles. The lowest BCUT2D eigenvalue weighted by Gasteiger charge is -2.30. The number of rotatable bonds is 4. The molecule has 1 amide bonds. The van der Waals surface area contributed by atoms with E-state index < -0.39 is 0 Å². The van der Waals surface area contributed by atoms with E-state index in [1.165, 1.54) is 6.42 Å². The second-order valence-electron chi connectivity index (χ2n) is 6.84. The Kier molecular flexibility index (Phi) is 4.60. The van der Waals surface area contributed by atoms with E-state index in [0.717, 1.165) is 36.6 Å². The molecule has 2 aliphatic heterocycles. The van der Waals surface area contributed by atoms with Crippen LogP contribution < -0.4 is 14.8 Å². The van der Waals surface area contributed by atoms with Gasteiger partial charge in [-0.05, 0) is 36.5 Å². The Balaban J connectivity index is 1.36. The molecule has 7 heteroatoms. The van der Waals surface area contributed by atoms with Crippen molar-refractivity contribution < 1.29 is 14.3 Å². The largest absolute Gasteiger partial charge is 0.454 e. The van der Waals surface area contributed by atoms with E-state index in [1.54, 1.807) is 12.4 Å². The molecule has 0 aliphatic carbocycles. The number of carbonyl (C=O) groups excluding carboxylic acids is 1. The van der Waals surface area contributed by atoms with Gasteiger partial charge in [0.1, 0.15) is 0 Å². The highest BCUT2D eigenvalue weighted by atomic mass is 16.7. The second kappa shape index (κ2) is 7.19. The fourth-order valence-corrected chi connectivity index (χ4v) is 3.32. The van der Waals surface area contributed by atoms with Gasteiger partial charge in [0.05, 0.1) is 5.56 Å². The summed E-state index contributed by atoms with van der Waals surface area (Å²) >= 11 is 0. The van der Waals surface area contributed by atoms with Crippen LogP contribution in [-0.4, -0.2) is 40.7 Å². The summed E-state index contributed by atoms with van der Waals surface area (Å²) in [5, 5.41) is 3.16. The number of benzene rings is 1. The molecular formula is C19H22N4O3. The zero-order valence-corrected chi connectivity index (χ0v) is 14.8. The van der Waals surface area contributed by atoms with E-state index in [2.05, 4.69) is 22.2 Å². The van der Waals surface area contributed by atoms with Crippen LogP contribution in [-0.2, 0) is 6.54 Å². The lowest BCUT2D eigenvalue weighted by molar-refractivity contribution is 0.0682. The van der Waals surface area contributed by atoms with Gasteiger partial charge in [-0.3, -0.25) is 4.79 Å². The molecule has 7 nitrogen and oxygen atoms in total. The van der Waals surface area contributed by atoms with Crippen molar-refractivity contribution >= 4 is 11.9 Å². The lowest BCUT2D eigenvalue weighted by Crippen LogP contribution is -2.39. The lowest BCUT2D eigenvalue weighted by atomic mass is 10.00. The molecule has 4 rings (SSSR count). The number of hydrogen-bond donors (Lipinski definition) is 1. The highest BCUT2D eigenvalue weighted by Gasteiger charge is 2.22. The van der Waals surface area contributed by atoms with Gasteiger partial charge < -0.3 is 19.7 Å². The molecule has 1 aromatic carbocycles. The highest BCUT2D eigenvalue weighted by molar-refractivity contribution is 5.93. The standard InChI is InChI=1S/C19H22N4O3/c1-13-3-2-6-23(11-13)18(24)15-9-21-19(22-10-15)20-8-14-4-5-16-17(7-14)26-12-25-16/h4-5,7,9-10,13H,2-3,6,8,11-12H2,1H3,(H,20,21,22). The van der Waals surface area contributed by atoms with E-state index in [1.807, 2.05) is 23.1 Å². The maximum Gasteiger partial charge on any atom is 0.257 e. The molecule has 1 aromatic heterocycles. The number of nitrogens with one attached hydrogen (secondary N) is 1. The number of anilines is 1. The van der Waals surface area contributed by atoms with Crippen LogP contribution in [0, 0.1) is 5.92 Å². The van der Waals surface area contributed by atoms with Gasteiger partial charge in [-0.25, -0.2) is 9.97 Å². The average molecular weight is 354 g/mol. The minimum atomic E-state index is 0.0128. The molecule has 3 heterocycles. The van der Waals surface area contributed by atoms with E-state index in [0.29, 0.717) is 24.0 Å². The van der Waals surface area contributed by atoms with E-state index in [9.17, 15) is 4.79 Å². The van der Waals surface area contributed by atoms with Gasteiger partial charge in [0, 0.05) is 32.0 Å². The average Bonchev–Trinajstić information content (AvgIpc) is 3.14. The van der Waals surface area contributed by atoms with E-state index in [-0.39, 0.29) is 12.7 Å². The number of aromatic nitrogens is 2. The zero-order valence-electron chi connectivity index (χ0n) is 14.8. The van der Waals surface area contributed by atoms with Crippen molar-refractivity contribution in [1.29, 1.82) is 0 Å². The van der Waals surface area contributed by atoms with Gasteiger partial charge in [0.15, 0.2) is 11.5 Å². The van der Waals surface area contributed by atoms with Crippen LogP contribution in [0.15, 0.2) is 30.6 Å². The van der Waals surface area contributed by atoms with Crippen molar-refractivity contribution in [3.8, 4) is 11.5 Å². The number of nitrogens with zero attached hydrogens (tertiary/aromatic N) is 3. The van der Waals surface area contributed by atoms with Gasteiger partial charge in [0.25, 0.3) is 5.91 Å². The quantitative estimate of drug-likeness (QED) is 0.910. The molecule has 136 valence electrons. The Morgan fingerprint density at radius 1 is 1.27 bits per heavy atom. The van der Waals surface area contributed by atoms with E-state index in [4.69, 9.17) is 9.47 Å². The molecule has 0 saturated carbocycles. The number of piperidine rings is 1. The van der Waals surface area contributed by atoms with Crippen molar-refractivity contribution in [3.05, 3.63) is 41.7 Å². The molecule has 2 aliphatic rings. The maximum absolute atomic E-state index is 12.5. The minimum absolute atomic E-state index is 0.0128. The summed E-state index contributed by atoms with van der Waals surface area (Å²) in [5.74, 6) is 2.57. The van der Waals surface area contributed by atoms with Crippen LogP contribution in [0.2, 0.25) is 0 Å². The van der Waals surface area contributed by atoms with Crippen LogP contribution in [0.5, 0.6) is 11.5 Å². The Morgan fingerprint density at radius 3 is 2.88 bits per heavy atom. The van der Waals surface area contributed by atoms with Crippen molar-refractivity contribution in [1.82, 2.24) is 14.9 Å². The number of hydrogen-bond acceptors (Lipinski definition) is 6. The number of fused-ring (bicyclic) bond motifs is 1. The van der Waals surface area contributed by atoms with Gasteiger partial charge in [0.2, 0.25) is 12.7 Å². The Bertz CT molecular complexity index is 794. The third-order valence-corrected chi connectivity index (χ3v) is 4.73. The van der Waals surface area contributed by atoms with Gasteiger partial charge in [-0.1, -0.05) is 13.0 Å². The fraction of sp³-hybridized carbons (Fsp3) is 0.421. The van der Waals surface area contributed by atoms with Crippen LogP contribution in [0.4, 0.5) is 5.95 Å². The van der Waals surface area contributed by atoms with Crippen LogP contribution >= 0.6 is 0 Å². The van der Waals surface area contributed by atoms with Crippen molar-refractivity contribution in [2.45, 2.75) is 26.3 Å². The first-order chi connectivity index (χ1) is 12.7. The van der Waals surface area contributed by atoms with Gasteiger partial charge in [-0.2, -0.15) is 0 Å². The summed E-state index contributed by atoms with van der Waals surface area (Å²) in [6, 6.07) is 5.79. The molecule has 1 unspecified atom stereocenters. The smallest absolute Gasteiger partial charge is 0.257 e. The zero-order chi connectivity index (χ0) is 17.9. The van der Waals surface area contributed by atoms with Crippen LogP contribution in [0.3, 0.4) is 0 Å². The van der Waals surface area contributed by atoms with Crippen LogP contribution in [0.25, 0.3) is 0 Å². The second-order valence-corrected chi connectivity index (χ2v) is 6.84. The van der Waals surface area contributed by atoms with Crippen molar-refractivity contribution in [3.63, 3.8) is 0 Å². The Labute approximate surface area is 152 Å². The van der Waals surface area contributed by atoms with E-state index >= 15 is 0 Å². The number of ether oxygens (including phenoxy) is 2. The van der Waals surface area contributed by atoms with Crippen LogP contribution in [0.1, 0.15) is 35.7 Å². The predicted molar refractivity (Wildman–Crippen MR) is 96.2 cm³/mol. The molecule has 0 bridgehead atoms. The number of likely N-dealkylation sites (tertiary alicyclic amines) is 1. The third kappa shape index (κ3) is 3.56. The SMILES string of the molecule is CC1CCCN(C(=O)c2cnc(NCc3ccc4c(c3)OCO4)nc2)C1. The Morgan fingerprint density at radius 2 is 2.08 bits per heavy atom. The molecule has 0 radical (unpaired) electrons. The number of carbonyl (C=O) groups is 1. The fourth-order valence-electron chi connectivity index (χ4n) is 3.32. The summed E-state index contributed by atoms with van der Waals surface area (Å²) < 4.78 is 10.7. The normalized spacial score (nSPS) is 18.7. The monoisotopic (exact) mass is 354 g/mol. The maximum atomic E-state index is 12.5. The molecule has 2 aromatic rings. The van der Waals surface area contributed by atoms with Gasteiger partial charge >= 0.3 is 0 Å². The first kappa shape index (κ1) is 16.6. The molecule has 26 heavy (non-hydrogen) atoms. The molecular weight excluding hydrogens is 332 g/mol. The summed E-state index contributed by atoms with van der Waals surface area (Å²) in [6.45, 7) is 4.63. The van der Waals surface area contributed by atoms with Gasteiger partial charge in [-0.15, -0.1) is 0 Å². The number of amides is 1. The summed E-state index contributed by atoms with van der Waals surface area (Å²) in [7, 11) is 0. The topological polar surface area (TPSA) is 76.6 Å². The first-order valence-corrected chi connectivity index (χ1v) is 8.93. The summed E-state index contributed by atoms with van der Waals surface area (Å²) in [4.78, 5) is 23.0.